The van der Waals surface area contributed by atoms with Gasteiger partial charge in [-0.3, -0.25) is 4.79 Å². The fourth-order valence-electron chi connectivity index (χ4n) is 6.47. The fraction of sp³-hybridized carbons (Fsp3) is 0.633. The topological polar surface area (TPSA) is 102 Å². The molecule has 0 radical (unpaired) electrons. The number of anilines is 1. The van der Waals surface area contributed by atoms with Crippen molar-refractivity contribution < 1.29 is 31.6 Å². The zero-order valence-corrected chi connectivity index (χ0v) is 25.1. The van der Waals surface area contributed by atoms with Crippen molar-refractivity contribution in [3.8, 4) is 5.75 Å². The second kappa shape index (κ2) is 12.0. The van der Waals surface area contributed by atoms with Crippen molar-refractivity contribution in [1.82, 2.24) is 29.8 Å². The van der Waals surface area contributed by atoms with Gasteiger partial charge in [-0.2, -0.15) is 18.2 Å². The first-order chi connectivity index (χ1) is 21.0. The molecule has 1 saturated heterocycles. The number of nitrogens with zero attached hydrogens (tertiary/aromatic N) is 7. The summed E-state index contributed by atoms with van der Waals surface area (Å²) in [6.45, 7) is 8.25. The Morgan fingerprint density at radius 1 is 1.14 bits per heavy atom. The third-order valence-corrected chi connectivity index (χ3v) is 9.13. The molecule has 2 fully saturated rings. The Morgan fingerprint density at radius 2 is 1.91 bits per heavy atom. The molecule has 0 N–H and O–H groups in total. The Morgan fingerprint density at radius 3 is 2.59 bits per heavy atom. The van der Waals surface area contributed by atoms with Crippen LogP contribution >= 0.6 is 0 Å². The lowest BCUT2D eigenvalue weighted by Crippen LogP contribution is -2.42. The van der Waals surface area contributed by atoms with Crippen LogP contribution in [0.1, 0.15) is 81.5 Å². The molecule has 0 spiro atoms. The van der Waals surface area contributed by atoms with Crippen molar-refractivity contribution in [3.05, 3.63) is 47.1 Å². The smallest absolute Gasteiger partial charge is 0.453 e. The highest BCUT2D eigenvalue weighted by Gasteiger charge is 2.44. The minimum atomic E-state index is -4.67. The molecule has 1 unspecified atom stereocenters. The van der Waals surface area contributed by atoms with Crippen LogP contribution in [0.15, 0.2) is 22.7 Å². The van der Waals surface area contributed by atoms with Crippen molar-refractivity contribution in [2.45, 2.75) is 77.6 Å². The van der Waals surface area contributed by atoms with Crippen molar-refractivity contribution >= 4 is 11.9 Å². The number of aromatic nitrogens is 5. The predicted molar refractivity (Wildman–Crippen MR) is 150 cm³/mol. The molecule has 4 heterocycles. The van der Waals surface area contributed by atoms with E-state index in [4.69, 9.17) is 9.26 Å². The second-order valence-corrected chi connectivity index (χ2v) is 12.4. The third-order valence-electron chi connectivity index (χ3n) is 9.13. The summed E-state index contributed by atoms with van der Waals surface area (Å²) < 4.78 is 66.5. The average molecular weight is 620 g/mol. The molecule has 2 aliphatic heterocycles. The van der Waals surface area contributed by atoms with E-state index in [0.29, 0.717) is 36.1 Å². The zero-order chi connectivity index (χ0) is 31.2. The van der Waals surface area contributed by atoms with Crippen LogP contribution in [-0.2, 0) is 23.9 Å². The molecule has 1 saturated carbocycles. The first kappa shape index (κ1) is 30.3. The quantitative estimate of drug-likeness (QED) is 0.293. The molecule has 238 valence electrons. The molecule has 1 aromatic carbocycles. The number of benzene rings is 1. The van der Waals surface area contributed by atoms with E-state index < -0.39 is 29.8 Å². The van der Waals surface area contributed by atoms with E-state index in [1.807, 2.05) is 13.8 Å². The van der Waals surface area contributed by atoms with Crippen molar-refractivity contribution in [2.75, 3.05) is 31.1 Å². The number of halogens is 4. The van der Waals surface area contributed by atoms with Crippen molar-refractivity contribution in [1.29, 1.82) is 0 Å². The van der Waals surface area contributed by atoms with Gasteiger partial charge < -0.3 is 19.1 Å². The van der Waals surface area contributed by atoms with Gasteiger partial charge in [0.2, 0.25) is 5.91 Å². The van der Waals surface area contributed by atoms with Gasteiger partial charge in [0, 0.05) is 31.6 Å². The number of piperidine rings is 1. The van der Waals surface area contributed by atoms with Crippen molar-refractivity contribution in [3.63, 3.8) is 0 Å². The molecule has 0 bridgehead atoms. The van der Waals surface area contributed by atoms with Crippen LogP contribution in [0.5, 0.6) is 5.75 Å². The first-order valence-corrected chi connectivity index (χ1v) is 15.3. The van der Waals surface area contributed by atoms with Crippen LogP contribution in [0.2, 0.25) is 0 Å². The SMILES string of the molecule is CC(C)c1noc(N2CCC([C@H]3C[C@H]3CCOc3ccc(CC(=O)N4CCn5nc(C(F)(F)F)nc5C4C)c(F)c3)CC2)n1. The number of carbonyl (C=O) groups excluding carboxylic acids is 1. The zero-order valence-electron chi connectivity index (χ0n) is 25.1. The normalized spacial score (nSPS) is 22.4. The van der Waals surface area contributed by atoms with Gasteiger partial charge in [0.05, 0.1) is 25.6 Å². The van der Waals surface area contributed by atoms with Crippen LogP contribution in [-0.4, -0.2) is 62.0 Å². The minimum absolute atomic E-state index is 0.0634. The molecular formula is C30H37F4N7O3. The summed E-state index contributed by atoms with van der Waals surface area (Å²) in [5.74, 6) is 1.23. The summed E-state index contributed by atoms with van der Waals surface area (Å²) in [5, 5.41) is 7.59. The highest BCUT2D eigenvalue weighted by molar-refractivity contribution is 5.79. The van der Waals surface area contributed by atoms with E-state index in [9.17, 15) is 22.4 Å². The number of hydrogen-bond donors (Lipinski definition) is 0. The molecule has 44 heavy (non-hydrogen) atoms. The maximum absolute atomic E-state index is 14.9. The molecular weight excluding hydrogens is 582 g/mol. The van der Waals surface area contributed by atoms with Gasteiger partial charge in [0.1, 0.15) is 17.4 Å². The first-order valence-electron chi connectivity index (χ1n) is 15.3. The maximum Gasteiger partial charge on any atom is 0.453 e. The van der Waals surface area contributed by atoms with Gasteiger partial charge in [-0.25, -0.2) is 14.1 Å². The van der Waals surface area contributed by atoms with Crippen LogP contribution in [0.3, 0.4) is 0 Å². The molecule has 3 aromatic rings. The molecule has 1 aliphatic carbocycles. The van der Waals surface area contributed by atoms with Gasteiger partial charge >= 0.3 is 12.2 Å². The maximum atomic E-state index is 14.9. The summed E-state index contributed by atoms with van der Waals surface area (Å²) in [6, 6.07) is 4.37. The molecule has 3 aliphatic rings. The lowest BCUT2D eigenvalue weighted by molar-refractivity contribution is -0.145. The van der Waals surface area contributed by atoms with E-state index in [1.165, 1.54) is 28.1 Å². The average Bonchev–Trinajstić information content (AvgIpc) is 3.36. The van der Waals surface area contributed by atoms with Gasteiger partial charge in [0.15, 0.2) is 5.82 Å². The monoisotopic (exact) mass is 619 g/mol. The number of alkyl halides is 3. The third kappa shape index (κ3) is 6.39. The summed E-state index contributed by atoms with van der Waals surface area (Å²) >= 11 is 0. The lowest BCUT2D eigenvalue weighted by Gasteiger charge is -2.33. The summed E-state index contributed by atoms with van der Waals surface area (Å²) in [7, 11) is 0. The fourth-order valence-corrected chi connectivity index (χ4v) is 6.47. The number of hydrogen-bond acceptors (Lipinski definition) is 8. The Hall–Kier alpha value is -3.71. The summed E-state index contributed by atoms with van der Waals surface area (Å²) in [4.78, 5) is 24.7. The molecule has 6 rings (SSSR count). The number of ether oxygens (including phenoxy) is 1. The van der Waals surface area contributed by atoms with Crippen LogP contribution in [0.25, 0.3) is 0 Å². The van der Waals surface area contributed by atoms with Crippen LogP contribution in [0, 0.1) is 23.6 Å². The summed E-state index contributed by atoms with van der Waals surface area (Å²) in [6.07, 6.45) is -0.605. The van der Waals surface area contributed by atoms with E-state index in [-0.39, 0.29) is 36.8 Å². The van der Waals surface area contributed by atoms with Crippen LogP contribution < -0.4 is 9.64 Å². The number of amides is 1. The van der Waals surface area contributed by atoms with Gasteiger partial charge in [0.25, 0.3) is 5.82 Å². The molecule has 1 amide bonds. The van der Waals surface area contributed by atoms with Gasteiger partial charge in [-0.15, -0.1) is 5.10 Å². The summed E-state index contributed by atoms with van der Waals surface area (Å²) in [5.41, 5.74) is 0.201. The Balaban J connectivity index is 0.940. The highest BCUT2D eigenvalue weighted by atomic mass is 19.4. The standard InChI is InChI=1S/C30H37F4N7O3/c1-17(2)26-35-29(44-38-26)39-9-6-19(7-10-39)23-14-20(23)8-13-43-22-5-4-21(24(31)16-22)15-25(42)40-11-12-41-27(18(40)3)36-28(37-41)30(32,33)34/h4-5,16-20,23H,6-15H2,1-3H3/t18?,20-,23-/m1/s1. The Bertz CT molecular complexity index is 1480. The molecule has 10 nitrogen and oxygen atoms in total. The number of carbonyl (C=O) groups is 1. The number of fused-ring (bicyclic) bond motifs is 1. The lowest BCUT2D eigenvalue weighted by atomic mass is 9.90. The highest BCUT2D eigenvalue weighted by Crippen LogP contribution is 2.50. The van der Waals surface area contributed by atoms with E-state index >= 15 is 0 Å². The van der Waals surface area contributed by atoms with E-state index in [2.05, 4.69) is 25.1 Å². The molecule has 14 heteroatoms. The molecule has 2 aromatic heterocycles. The van der Waals surface area contributed by atoms with Crippen molar-refractivity contribution in [2.24, 2.45) is 17.8 Å². The number of rotatable bonds is 9. The Kier molecular flexibility index (Phi) is 8.27. The van der Waals surface area contributed by atoms with Gasteiger partial charge in [-0.1, -0.05) is 25.1 Å². The van der Waals surface area contributed by atoms with E-state index in [1.54, 1.807) is 13.0 Å². The molecule has 3 atom stereocenters. The Labute approximate surface area is 252 Å². The minimum Gasteiger partial charge on any atom is -0.493 e. The van der Waals surface area contributed by atoms with Gasteiger partial charge in [-0.05, 0) is 62.0 Å². The second-order valence-electron chi connectivity index (χ2n) is 12.4. The van der Waals surface area contributed by atoms with E-state index in [0.717, 1.165) is 38.2 Å². The predicted octanol–water partition coefficient (Wildman–Crippen LogP) is 5.41. The van der Waals surface area contributed by atoms with Crippen LogP contribution in [0.4, 0.5) is 23.6 Å². The largest absolute Gasteiger partial charge is 0.493 e.